The number of aryl methyl sites for hydroxylation is 1. The van der Waals surface area contributed by atoms with Crippen LogP contribution in [0.25, 0.3) is 0 Å². The molecule has 10 heteroatoms. The lowest BCUT2D eigenvalue weighted by Crippen LogP contribution is -2.69. The zero-order chi connectivity index (χ0) is 21.9. The van der Waals surface area contributed by atoms with Gasteiger partial charge in [0.1, 0.15) is 10.9 Å². The maximum Gasteiger partial charge on any atom is 0.246 e. The summed E-state index contributed by atoms with van der Waals surface area (Å²) in [4.78, 5) is 14.6. The third-order valence-corrected chi connectivity index (χ3v) is 9.42. The summed E-state index contributed by atoms with van der Waals surface area (Å²) in [6.07, 6.45) is 8.24. The number of nitriles is 1. The molecule has 2 N–H and O–H groups in total. The van der Waals surface area contributed by atoms with Gasteiger partial charge in [-0.2, -0.15) is 5.26 Å². The number of carbonyl (C=O) groups excluding carboxylic acids is 1. The van der Waals surface area contributed by atoms with Crippen LogP contribution in [-0.4, -0.2) is 54.6 Å². The van der Waals surface area contributed by atoms with E-state index in [4.69, 9.17) is 4.52 Å². The van der Waals surface area contributed by atoms with Crippen LogP contribution >= 0.6 is 0 Å². The van der Waals surface area contributed by atoms with E-state index in [2.05, 4.69) is 21.3 Å². The Kier molecular flexibility index (Phi) is 4.92. The van der Waals surface area contributed by atoms with E-state index in [1.165, 1.54) is 6.20 Å². The van der Waals surface area contributed by atoms with Gasteiger partial charge in [-0.3, -0.25) is 4.79 Å². The third-order valence-electron chi connectivity index (χ3n) is 7.74. The molecule has 0 aromatic carbocycles. The lowest BCUT2D eigenvalue weighted by Gasteiger charge is -2.62. The second kappa shape index (κ2) is 7.29. The van der Waals surface area contributed by atoms with E-state index in [0.29, 0.717) is 24.8 Å². The van der Waals surface area contributed by atoms with Crippen LogP contribution in [0.15, 0.2) is 15.6 Å². The average Bonchev–Trinajstić information content (AvgIpc) is 3.33. The van der Waals surface area contributed by atoms with Gasteiger partial charge in [-0.1, -0.05) is 5.16 Å². The Morgan fingerprint density at radius 1 is 1.32 bits per heavy atom. The van der Waals surface area contributed by atoms with Crippen molar-refractivity contribution in [3.8, 4) is 6.07 Å². The van der Waals surface area contributed by atoms with Gasteiger partial charge in [0.2, 0.25) is 15.9 Å². The van der Waals surface area contributed by atoms with Crippen molar-refractivity contribution < 1.29 is 17.7 Å². The molecule has 5 fully saturated rings. The molecule has 0 radical (unpaired) electrons. The molecular weight excluding hydrogens is 418 g/mol. The lowest BCUT2D eigenvalue weighted by molar-refractivity contribution is -0.131. The van der Waals surface area contributed by atoms with E-state index in [9.17, 15) is 18.5 Å². The third kappa shape index (κ3) is 3.66. The van der Waals surface area contributed by atoms with Crippen molar-refractivity contribution in [2.24, 2.45) is 11.8 Å². The van der Waals surface area contributed by atoms with Gasteiger partial charge in [-0.05, 0) is 70.1 Å². The molecule has 1 amide bonds. The Balaban J connectivity index is 1.33. The van der Waals surface area contributed by atoms with Crippen molar-refractivity contribution in [1.29, 1.82) is 5.26 Å². The topological polar surface area (TPSA) is 128 Å². The predicted molar refractivity (Wildman–Crippen MR) is 110 cm³/mol. The zero-order valence-electron chi connectivity index (χ0n) is 17.8. The molecule has 1 saturated heterocycles. The maximum atomic E-state index is 13.1. The normalized spacial score (nSPS) is 36.6. The maximum absolute atomic E-state index is 13.1. The quantitative estimate of drug-likeness (QED) is 0.675. The molecule has 31 heavy (non-hydrogen) atoms. The molecule has 3 unspecified atom stereocenters. The van der Waals surface area contributed by atoms with E-state index in [0.717, 1.165) is 44.9 Å². The first kappa shape index (κ1) is 20.9. The second-order valence-electron chi connectivity index (χ2n) is 10.1. The Morgan fingerprint density at radius 2 is 2.03 bits per heavy atom. The van der Waals surface area contributed by atoms with Gasteiger partial charge in [-0.25, -0.2) is 13.1 Å². The first-order valence-electron chi connectivity index (χ1n) is 11.1. The largest absolute Gasteiger partial charge is 0.360 e. The number of nitrogens with zero attached hydrogens (tertiary/aromatic N) is 3. The minimum absolute atomic E-state index is 0.0328. The van der Waals surface area contributed by atoms with E-state index in [1.807, 2.05) is 0 Å². The van der Waals surface area contributed by atoms with Gasteiger partial charge in [0.05, 0.1) is 18.8 Å². The molecule has 9 nitrogen and oxygen atoms in total. The van der Waals surface area contributed by atoms with Crippen LogP contribution in [-0.2, 0) is 14.8 Å². The van der Waals surface area contributed by atoms with Crippen molar-refractivity contribution in [2.75, 3.05) is 13.1 Å². The van der Waals surface area contributed by atoms with Gasteiger partial charge in [0.25, 0.3) is 0 Å². The molecule has 4 aliphatic carbocycles. The molecule has 1 aliphatic heterocycles. The number of nitrogens with one attached hydrogen (secondary N) is 2. The first-order chi connectivity index (χ1) is 14.7. The second-order valence-corrected chi connectivity index (χ2v) is 11.8. The molecule has 3 atom stereocenters. The number of rotatable bonds is 6. The van der Waals surface area contributed by atoms with Crippen molar-refractivity contribution in [1.82, 2.24) is 20.1 Å². The van der Waals surface area contributed by atoms with E-state index >= 15 is 0 Å². The number of hydrogen-bond donors (Lipinski definition) is 2. The van der Waals surface area contributed by atoms with Crippen molar-refractivity contribution in [3.05, 3.63) is 12.0 Å². The summed E-state index contributed by atoms with van der Waals surface area (Å²) in [5.41, 5.74) is -0.751. The number of hydrogen-bond acceptors (Lipinski definition) is 7. The summed E-state index contributed by atoms with van der Waals surface area (Å²) in [5.74, 6) is 1.13. The van der Waals surface area contributed by atoms with Crippen LogP contribution in [0, 0.1) is 30.1 Å². The standard InChI is InChI=1S/C21H29N5O4S/c1-14-18(11-24-30-14)31(28,29)25-21-8-15-5-16(9-21)7-20(6-15,13-21)23-12-19(27)26-4-2-3-17(26)10-22/h11,15-17,23,25H,2-9,12-13H2,1H3. The molecule has 1 aromatic rings. The molecule has 4 saturated carbocycles. The SMILES string of the molecule is Cc1oncc1S(=O)(=O)NC12CC3CC(CC(NCC(=O)N4CCCC4C#N)(C3)C1)C2. The molecule has 168 valence electrons. The van der Waals surface area contributed by atoms with Crippen LogP contribution in [0.5, 0.6) is 0 Å². The van der Waals surface area contributed by atoms with Crippen LogP contribution in [0.2, 0.25) is 0 Å². The fourth-order valence-electron chi connectivity index (χ4n) is 7.04. The predicted octanol–water partition coefficient (Wildman–Crippen LogP) is 1.46. The molecule has 5 aliphatic rings. The first-order valence-corrected chi connectivity index (χ1v) is 12.6. The Hall–Kier alpha value is -1.96. The highest BCUT2D eigenvalue weighted by molar-refractivity contribution is 7.89. The monoisotopic (exact) mass is 447 g/mol. The summed E-state index contributed by atoms with van der Waals surface area (Å²) in [7, 11) is -3.74. The van der Waals surface area contributed by atoms with Crippen molar-refractivity contribution in [3.63, 3.8) is 0 Å². The van der Waals surface area contributed by atoms with Crippen LogP contribution in [0.4, 0.5) is 0 Å². The van der Waals surface area contributed by atoms with E-state index in [-0.39, 0.29) is 34.7 Å². The van der Waals surface area contributed by atoms with Crippen LogP contribution in [0.1, 0.15) is 57.1 Å². The van der Waals surface area contributed by atoms with Crippen molar-refractivity contribution in [2.45, 2.75) is 80.3 Å². The molecule has 2 heterocycles. The summed E-state index contributed by atoms with van der Waals surface area (Å²) >= 11 is 0. The fourth-order valence-corrected chi connectivity index (χ4v) is 8.56. The minimum atomic E-state index is -3.74. The number of likely N-dealkylation sites (tertiary alicyclic amines) is 1. The molecule has 4 bridgehead atoms. The van der Waals surface area contributed by atoms with Gasteiger partial charge >= 0.3 is 0 Å². The van der Waals surface area contributed by atoms with E-state index < -0.39 is 15.6 Å². The number of carbonyl (C=O) groups is 1. The van der Waals surface area contributed by atoms with Gasteiger partial charge in [0.15, 0.2) is 5.76 Å². The highest BCUT2D eigenvalue weighted by atomic mass is 32.2. The summed E-state index contributed by atoms with van der Waals surface area (Å²) in [6.45, 7) is 2.44. The molecule has 1 aromatic heterocycles. The smallest absolute Gasteiger partial charge is 0.246 e. The fraction of sp³-hybridized carbons (Fsp3) is 0.762. The number of amides is 1. The van der Waals surface area contributed by atoms with Crippen LogP contribution < -0.4 is 10.0 Å². The highest BCUT2D eigenvalue weighted by Crippen LogP contribution is 2.57. The van der Waals surface area contributed by atoms with Crippen LogP contribution in [0.3, 0.4) is 0 Å². The number of aromatic nitrogens is 1. The highest BCUT2D eigenvalue weighted by Gasteiger charge is 2.59. The Morgan fingerprint density at radius 3 is 2.68 bits per heavy atom. The average molecular weight is 448 g/mol. The van der Waals surface area contributed by atoms with Gasteiger partial charge in [0, 0.05) is 17.6 Å². The van der Waals surface area contributed by atoms with E-state index in [1.54, 1.807) is 11.8 Å². The Bertz CT molecular complexity index is 1010. The van der Waals surface area contributed by atoms with Crippen molar-refractivity contribution >= 4 is 15.9 Å². The Labute approximate surface area is 182 Å². The summed E-state index contributed by atoms with van der Waals surface area (Å²) < 4.78 is 34.2. The number of sulfonamides is 1. The zero-order valence-corrected chi connectivity index (χ0v) is 18.6. The molecule has 6 rings (SSSR count). The minimum Gasteiger partial charge on any atom is -0.360 e. The summed E-state index contributed by atoms with van der Waals surface area (Å²) in [5, 5.41) is 16.4. The van der Waals surface area contributed by atoms with Gasteiger partial charge < -0.3 is 14.7 Å². The van der Waals surface area contributed by atoms with Gasteiger partial charge in [-0.15, -0.1) is 0 Å². The lowest BCUT2D eigenvalue weighted by atomic mass is 9.50. The molecular formula is C21H29N5O4S. The summed E-state index contributed by atoms with van der Waals surface area (Å²) in [6, 6.07) is 1.90. The molecule has 0 spiro atoms.